The number of fused-ring (bicyclic) bond motifs is 1. The van der Waals surface area contributed by atoms with E-state index in [-0.39, 0.29) is 11.6 Å². The molecule has 0 aliphatic carbocycles. The minimum absolute atomic E-state index is 0.269. The van der Waals surface area contributed by atoms with Gasteiger partial charge in [-0.2, -0.15) is 0 Å². The third-order valence-corrected chi connectivity index (χ3v) is 1.68. The summed E-state index contributed by atoms with van der Waals surface area (Å²) in [6.07, 6.45) is 2.94. The summed E-state index contributed by atoms with van der Waals surface area (Å²) >= 11 is 0. The van der Waals surface area contributed by atoms with E-state index in [1.54, 1.807) is 0 Å². The van der Waals surface area contributed by atoms with E-state index in [2.05, 4.69) is 16.5 Å². The fourth-order valence-electron chi connectivity index (χ4n) is 1.06. The second kappa shape index (κ2) is 2.17. The Balaban J connectivity index is 2.67. The van der Waals surface area contributed by atoms with Crippen LogP contribution in [0.2, 0.25) is 0 Å². The molecular weight excluding hydrogens is 153 g/mol. The van der Waals surface area contributed by atoms with Crippen molar-refractivity contribution in [2.45, 2.75) is 0 Å². The van der Waals surface area contributed by atoms with E-state index in [9.17, 15) is 4.79 Å². The largest absolute Gasteiger partial charge is 0.362 e. The van der Waals surface area contributed by atoms with Crippen molar-refractivity contribution in [3.8, 4) is 0 Å². The topological polar surface area (TPSA) is 46.1 Å². The van der Waals surface area contributed by atoms with Crippen LogP contribution in [0.1, 0.15) is 16.2 Å². The molecule has 1 aromatic heterocycles. The van der Waals surface area contributed by atoms with E-state index in [0.29, 0.717) is 11.4 Å². The summed E-state index contributed by atoms with van der Waals surface area (Å²) in [5.41, 5.74) is 1.12. The lowest BCUT2D eigenvalue weighted by Crippen LogP contribution is -2.18. The molecule has 0 saturated carbocycles. The van der Waals surface area contributed by atoms with Gasteiger partial charge in [-0.3, -0.25) is 9.78 Å². The van der Waals surface area contributed by atoms with Crippen molar-refractivity contribution in [3.05, 3.63) is 30.4 Å². The van der Waals surface area contributed by atoms with Crippen molar-refractivity contribution in [2.24, 2.45) is 0 Å². The molecule has 1 aliphatic heterocycles. The summed E-state index contributed by atoms with van der Waals surface area (Å²) in [5.74, 6) is -0.358. The molecule has 1 amide bonds. The van der Waals surface area contributed by atoms with Gasteiger partial charge in [0, 0.05) is 12.4 Å². The predicted octanol–water partition coefficient (Wildman–Crippen LogP) is -0.0134. The Morgan fingerprint density at radius 1 is 1.33 bits per heavy atom. The van der Waals surface area contributed by atoms with E-state index in [4.69, 9.17) is 7.98 Å². The van der Waals surface area contributed by atoms with E-state index < -0.39 is 0 Å². The second-order valence-corrected chi connectivity index (χ2v) is 2.38. The van der Waals surface area contributed by atoms with E-state index in [1.807, 2.05) is 0 Å². The lowest BCUT2D eigenvalue weighted by Gasteiger charge is -2.07. The smallest absolute Gasteiger partial charge is 0.266 e. The first-order valence-electron chi connectivity index (χ1n) is 3.31. The maximum Gasteiger partial charge on any atom is 0.266 e. The van der Waals surface area contributed by atoms with Gasteiger partial charge in [0.1, 0.15) is 5.69 Å². The number of carbonyl (C=O) groups is 1. The van der Waals surface area contributed by atoms with Gasteiger partial charge in [-0.15, -0.1) is 0 Å². The van der Waals surface area contributed by atoms with Crippen molar-refractivity contribution < 1.29 is 4.79 Å². The number of hydrogen-bond acceptors (Lipinski definition) is 3. The Morgan fingerprint density at radius 3 is 2.50 bits per heavy atom. The minimum Gasteiger partial charge on any atom is -0.362 e. The Labute approximate surface area is 70.4 Å². The highest BCUT2D eigenvalue weighted by Crippen LogP contribution is 2.24. The zero-order valence-electron chi connectivity index (χ0n) is 6.19. The Hall–Kier alpha value is -1.65. The molecule has 5 heteroatoms. The Morgan fingerprint density at radius 2 is 1.92 bits per heavy atom. The molecule has 2 rings (SSSR count). The molecule has 1 aliphatic rings. The molecule has 4 nitrogen and oxygen atoms in total. The fourth-order valence-corrected chi connectivity index (χ4v) is 1.06. The second-order valence-electron chi connectivity index (χ2n) is 2.38. The first-order valence-corrected chi connectivity index (χ1v) is 3.31. The van der Waals surface area contributed by atoms with Gasteiger partial charge in [0.2, 0.25) is 7.98 Å². The van der Waals surface area contributed by atoms with Crippen LogP contribution in [-0.4, -0.2) is 28.7 Å². The number of carbonyl (C=O) groups excluding carboxylic acids is 1. The van der Waals surface area contributed by atoms with Gasteiger partial charge in [-0.25, -0.2) is 4.98 Å². The summed E-state index contributed by atoms with van der Waals surface area (Å²) in [6.45, 7) is 3.60. The van der Waals surface area contributed by atoms with Gasteiger partial charge < -0.3 is 4.81 Å². The maximum atomic E-state index is 11.2. The number of nitrogens with zero attached hydrogens (tertiary/aromatic N) is 3. The molecule has 0 aromatic carbocycles. The average molecular weight is 157 g/mol. The molecule has 0 N–H and O–H groups in total. The normalized spacial score (nSPS) is 15.2. The number of amides is 1. The minimum atomic E-state index is -0.358. The first-order chi connectivity index (χ1) is 5.72. The van der Waals surface area contributed by atoms with Gasteiger partial charge in [-0.1, -0.05) is 6.58 Å². The molecular formula is C7H4BN3O. The monoisotopic (exact) mass is 157 g/mol. The Bertz CT molecular complexity index is 342. The van der Waals surface area contributed by atoms with Crippen molar-refractivity contribution in [1.82, 2.24) is 14.8 Å². The Kier molecular flexibility index (Phi) is 1.27. The number of rotatable bonds is 0. The zero-order chi connectivity index (χ0) is 8.72. The van der Waals surface area contributed by atoms with Crippen LogP contribution in [0.15, 0.2) is 19.0 Å². The number of aromatic nitrogens is 2. The third kappa shape index (κ3) is 0.703. The molecule has 2 radical (unpaired) electrons. The van der Waals surface area contributed by atoms with E-state index >= 15 is 0 Å². The van der Waals surface area contributed by atoms with Gasteiger partial charge in [-0.05, 0) is 0 Å². The summed E-state index contributed by atoms with van der Waals surface area (Å²) in [7, 11) is 5.38. The highest BCUT2D eigenvalue weighted by Gasteiger charge is 2.29. The van der Waals surface area contributed by atoms with Crippen molar-refractivity contribution in [3.63, 3.8) is 0 Å². The molecule has 2 heterocycles. The van der Waals surface area contributed by atoms with Crippen LogP contribution in [0.25, 0.3) is 5.70 Å². The SMILES string of the molecule is [B]N1C(=C)c2nccnc2C1=O. The standard InChI is InChI=1S/C7H4BN3O/c1-4-5-6(7(12)11(4)8)10-3-2-9-5/h2-3H,1H2. The van der Waals surface area contributed by atoms with E-state index in [1.165, 1.54) is 12.4 Å². The van der Waals surface area contributed by atoms with Crippen LogP contribution in [-0.2, 0) is 0 Å². The lowest BCUT2D eigenvalue weighted by atomic mass is 10.3. The summed E-state index contributed by atoms with van der Waals surface area (Å²) in [5, 5.41) is 0. The molecule has 0 saturated heterocycles. The maximum absolute atomic E-state index is 11.2. The summed E-state index contributed by atoms with van der Waals surface area (Å²) in [6, 6.07) is 0. The van der Waals surface area contributed by atoms with Crippen LogP contribution in [0.4, 0.5) is 0 Å². The van der Waals surface area contributed by atoms with Gasteiger partial charge in [0.15, 0.2) is 5.69 Å². The van der Waals surface area contributed by atoms with Gasteiger partial charge in [0.05, 0.1) is 5.70 Å². The van der Waals surface area contributed by atoms with Crippen LogP contribution in [0.3, 0.4) is 0 Å². The summed E-state index contributed by atoms with van der Waals surface area (Å²) < 4.78 is 0. The van der Waals surface area contributed by atoms with Crippen LogP contribution < -0.4 is 0 Å². The van der Waals surface area contributed by atoms with Crippen LogP contribution in [0.5, 0.6) is 0 Å². The lowest BCUT2D eigenvalue weighted by molar-refractivity contribution is 0.0913. The third-order valence-electron chi connectivity index (χ3n) is 1.68. The molecule has 1 aromatic rings. The highest BCUT2D eigenvalue weighted by atomic mass is 16.2. The summed E-state index contributed by atoms with van der Waals surface area (Å²) in [4.78, 5) is 20.0. The molecule has 56 valence electrons. The molecule has 0 fully saturated rings. The average Bonchev–Trinajstić information content (AvgIpc) is 2.33. The molecule has 0 atom stereocenters. The van der Waals surface area contributed by atoms with Gasteiger partial charge >= 0.3 is 0 Å². The zero-order valence-corrected chi connectivity index (χ0v) is 6.19. The molecule has 12 heavy (non-hydrogen) atoms. The van der Waals surface area contributed by atoms with Crippen LogP contribution >= 0.6 is 0 Å². The van der Waals surface area contributed by atoms with E-state index in [0.717, 1.165) is 4.81 Å². The van der Waals surface area contributed by atoms with Crippen molar-refractivity contribution in [1.29, 1.82) is 0 Å². The first kappa shape index (κ1) is 7.03. The van der Waals surface area contributed by atoms with Crippen molar-refractivity contribution >= 4 is 19.6 Å². The molecule has 0 spiro atoms. The molecule has 0 bridgehead atoms. The quantitative estimate of drug-likeness (QED) is 0.497. The predicted molar refractivity (Wildman–Crippen MR) is 43.0 cm³/mol. The highest BCUT2D eigenvalue weighted by molar-refractivity contribution is 6.26. The molecule has 0 unspecified atom stereocenters. The van der Waals surface area contributed by atoms with Gasteiger partial charge in [0.25, 0.3) is 5.91 Å². The number of hydrogen-bond donors (Lipinski definition) is 0. The van der Waals surface area contributed by atoms with Crippen molar-refractivity contribution in [2.75, 3.05) is 0 Å². The van der Waals surface area contributed by atoms with Crippen LogP contribution in [0, 0.1) is 0 Å². The fraction of sp³-hybridized carbons (Fsp3) is 0.